The summed E-state index contributed by atoms with van der Waals surface area (Å²) in [6, 6.07) is 4.35. The van der Waals surface area contributed by atoms with Gasteiger partial charge in [-0.2, -0.15) is 13.2 Å². The molecule has 0 spiro atoms. The third kappa shape index (κ3) is 5.95. The maximum Gasteiger partial charge on any atom is 0.416 e. The summed E-state index contributed by atoms with van der Waals surface area (Å²) in [7, 11) is 0. The van der Waals surface area contributed by atoms with Crippen LogP contribution in [0.5, 0.6) is 5.75 Å². The molecule has 162 valence electrons. The first-order valence-corrected chi connectivity index (χ1v) is 9.53. The van der Waals surface area contributed by atoms with Crippen molar-refractivity contribution in [1.29, 1.82) is 0 Å². The average molecular weight is 423 g/mol. The van der Waals surface area contributed by atoms with Crippen molar-refractivity contribution in [1.82, 2.24) is 10.3 Å². The fourth-order valence-electron chi connectivity index (χ4n) is 2.93. The number of nitrogens with one attached hydrogen (secondary N) is 2. The summed E-state index contributed by atoms with van der Waals surface area (Å²) in [5.74, 6) is 0.0254. The Balaban J connectivity index is 2.03. The Labute approximate surface area is 172 Å². The van der Waals surface area contributed by atoms with E-state index in [0.29, 0.717) is 29.8 Å². The van der Waals surface area contributed by atoms with Crippen LogP contribution in [0, 0.1) is 0 Å². The fourth-order valence-corrected chi connectivity index (χ4v) is 2.93. The smallest absolute Gasteiger partial charge is 0.416 e. The normalized spacial score (nSPS) is 11.1. The molecule has 1 aromatic carbocycles. The third-order valence-corrected chi connectivity index (χ3v) is 4.35. The molecule has 0 radical (unpaired) electrons. The van der Waals surface area contributed by atoms with Crippen molar-refractivity contribution < 1.29 is 27.5 Å². The molecule has 30 heavy (non-hydrogen) atoms. The van der Waals surface area contributed by atoms with Crippen molar-refractivity contribution in [2.45, 2.75) is 39.8 Å². The molecule has 0 fully saturated rings. The number of pyridine rings is 1. The number of aromatic nitrogens is 1. The number of anilines is 1. The summed E-state index contributed by atoms with van der Waals surface area (Å²) >= 11 is 0. The number of rotatable bonds is 8. The summed E-state index contributed by atoms with van der Waals surface area (Å²) in [6.07, 6.45) is -1.74. The summed E-state index contributed by atoms with van der Waals surface area (Å²) in [5, 5.41) is 5.39. The van der Waals surface area contributed by atoms with E-state index in [0.717, 1.165) is 17.7 Å². The van der Waals surface area contributed by atoms with Gasteiger partial charge in [0, 0.05) is 18.7 Å². The van der Waals surface area contributed by atoms with Crippen LogP contribution in [-0.2, 0) is 23.8 Å². The van der Waals surface area contributed by atoms with Gasteiger partial charge in [0.15, 0.2) is 0 Å². The van der Waals surface area contributed by atoms with Crippen LogP contribution in [0.4, 0.5) is 19.0 Å². The molecule has 1 heterocycles. The Morgan fingerprint density at radius 2 is 1.77 bits per heavy atom. The number of nitrogens with zero attached hydrogens (tertiary/aromatic N) is 1. The zero-order valence-corrected chi connectivity index (χ0v) is 17.0. The molecular weight excluding hydrogens is 399 g/mol. The number of ether oxygens (including phenoxy) is 1. The molecule has 0 unspecified atom stereocenters. The predicted molar refractivity (Wildman–Crippen MR) is 107 cm³/mol. The van der Waals surface area contributed by atoms with Gasteiger partial charge in [0.1, 0.15) is 18.2 Å². The minimum absolute atomic E-state index is 0.0870. The van der Waals surface area contributed by atoms with E-state index in [1.807, 2.05) is 13.8 Å². The molecular formula is C21H24F3N3O3. The number of alkyl halides is 3. The van der Waals surface area contributed by atoms with Crippen molar-refractivity contribution >= 4 is 17.6 Å². The van der Waals surface area contributed by atoms with E-state index in [4.69, 9.17) is 4.74 Å². The third-order valence-electron chi connectivity index (χ3n) is 4.35. The lowest BCUT2D eigenvalue weighted by atomic mass is 9.99. The summed E-state index contributed by atoms with van der Waals surface area (Å²) < 4.78 is 43.1. The van der Waals surface area contributed by atoms with Crippen LogP contribution in [0.1, 0.15) is 47.8 Å². The minimum atomic E-state index is -4.40. The van der Waals surface area contributed by atoms with Crippen LogP contribution in [0.3, 0.4) is 0 Å². The van der Waals surface area contributed by atoms with E-state index in [1.165, 1.54) is 19.1 Å². The molecule has 0 saturated heterocycles. The first-order chi connectivity index (χ1) is 14.2. The summed E-state index contributed by atoms with van der Waals surface area (Å²) in [5.41, 5.74) is 1.11. The Hall–Kier alpha value is -3.10. The molecule has 2 rings (SSSR count). The van der Waals surface area contributed by atoms with Gasteiger partial charge in [-0.3, -0.25) is 9.59 Å². The first-order valence-electron chi connectivity index (χ1n) is 9.53. The van der Waals surface area contributed by atoms with Gasteiger partial charge in [-0.15, -0.1) is 0 Å². The molecule has 0 aliphatic heterocycles. The highest BCUT2D eigenvalue weighted by molar-refractivity contribution is 5.99. The van der Waals surface area contributed by atoms with Crippen molar-refractivity contribution in [3.05, 3.63) is 52.7 Å². The molecule has 2 aromatic rings. The Morgan fingerprint density at radius 3 is 2.30 bits per heavy atom. The van der Waals surface area contributed by atoms with Crippen molar-refractivity contribution in [2.75, 3.05) is 18.5 Å². The quantitative estimate of drug-likeness (QED) is 0.629. The molecule has 2 N–H and O–H groups in total. The largest absolute Gasteiger partial charge is 0.492 e. The number of benzene rings is 1. The Morgan fingerprint density at radius 1 is 1.10 bits per heavy atom. The van der Waals surface area contributed by atoms with E-state index in [2.05, 4.69) is 15.6 Å². The molecule has 9 heteroatoms. The number of hydrogen-bond donors (Lipinski definition) is 2. The van der Waals surface area contributed by atoms with E-state index < -0.39 is 11.7 Å². The minimum Gasteiger partial charge on any atom is -0.492 e. The molecule has 0 saturated carbocycles. The van der Waals surface area contributed by atoms with Gasteiger partial charge in [-0.25, -0.2) is 4.98 Å². The van der Waals surface area contributed by atoms with Crippen LogP contribution in [0.15, 0.2) is 30.5 Å². The number of carbonyl (C=O) groups excluding carboxylic acids is 2. The SMILES string of the molecule is CCc1cnc(NC(C)=O)c(CC)c1C(=O)NCCOc1ccc(C(F)(F)F)cc1. The zero-order valence-electron chi connectivity index (χ0n) is 17.0. The number of aryl methyl sites for hydroxylation is 1. The molecule has 0 aliphatic carbocycles. The van der Waals surface area contributed by atoms with Gasteiger partial charge < -0.3 is 15.4 Å². The lowest BCUT2D eigenvalue weighted by molar-refractivity contribution is -0.137. The van der Waals surface area contributed by atoms with Crippen molar-refractivity contribution in [3.8, 4) is 5.75 Å². The van der Waals surface area contributed by atoms with Gasteiger partial charge >= 0.3 is 6.18 Å². The predicted octanol–water partition coefficient (Wildman–Crippen LogP) is 3.99. The Kier molecular flexibility index (Phi) is 7.79. The zero-order chi connectivity index (χ0) is 22.3. The topological polar surface area (TPSA) is 80.3 Å². The van der Waals surface area contributed by atoms with E-state index in [-0.39, 0.29) is 30.7 Å². The molecule has 6 nitrogen and oxygen atoms in total. The number of hydrogen-bond acceptors (Lipinski definition) is 4. The molecule has 0 atom stereocenters. The highest BCUT2D eigenvalue weighted by Crippen LogP contribution is 2.30. The van der Waals surface area contributed by atoms with Gasteiger partial charge in [-0.1, -0.05) is 13.8 Å². The number of amides is 2. The lowest BCUT2D eigenvalue weighted by Crippen LogP contribution is -2.30. The van der Waals surface area contributed by atoms with Crippen molar-refractivity contribution in [2.24, 2.45) is 0 Å². The number of halogens is 3. The van der Waals surface area contributed by atoms with Crippen LogP contribution in [0.25, 0.3) is 0 Å². The van der Waals surface area contributed by atoms with Crippen LogP contribution >= 0.6 is 0 Å². The van der Waals surface area contributed by atoms with Gasteiger partial charge in [0.25, 0.3) is 5.91 Å². The summed E-state index contributed by atoms with van der Waals surface area (Å²) in [4.78, 5) is 28.4. The monoisotopic (exact) mass is 423 g/mol. The maximum absolute atomic E-state index is 12.8. The second-order valence-electron chi connectivity index (χ2n) is 6.50. The molecule has 0 aliphatic rings. The standard InChI is InChI=1S/C21H24F3N3O3/c1-4-14-12-26-19(27-13(3)28)17(5-2)18(14)20(29)25-10-11-30-16-8-6-15(7-9-16)21(22,23)24/h6-9,12H,4-5,10-11H2,1-3H3,(H,25,29)(H,26,27,28). The van der Waals surface area contributed by atoms with E-state index >= 15 is 0 Å². The lowest BCUT2D eigenvalue weighted by Gasteiger charge is -2.16. The summed E-state index contributed by atoms with van der Waals surface area (Å²) in [6.45, 7) is 5.38. The second kappa shape index (κ2) is 10.1. The van der Waals surface area contributed by atoms with Gasteiger partial charge in [-0.05, 0) is 42.7 Å². The average Bonchev–Trinajstić information content (AvgIpc) is 2.69. The van der Waals surface area contributed by atoms with Gasteiger partial charge in [0.05, 0.1) is 17.7 Å². The maximum atomic E-state index is 12.8. The molecule has 1 aromatic heterocycles. The Bertz CT molecular complexity index is 897. The van der Waals surface area contributed by atoms with Gasteiger partial charge in [0.2, 0.25) is 5.91 Å². The fraction of sp³-hybridized carbons (Fsp3) is 0.381. The van der Waals surface area contributed by atoms with Crippen LogP contribution < -0.4 is 15.4 Å². The number of carbonyl (C=O) groups is 2. The molecule has 0 bridgehead atoms. The highest BCUT2D eigenvalue weighted by Gasteiger charge is 2.30. The first kappa shape index (κ1) is 23.2. The second-order valence-corrected chi connectivity index (χ2v) is 6.50. The highest BCUT2D eigenvalue weighted by atomic mass is 19.4. The van der Waals surface area contributed by atoms with Crippen molar-refractivity contribution in [3.63, 3.8) is 0 Å². The van der Waals surface area contributed by atoms with Crippen LogP contribution in [-0.4, -0.2) is 29.9 Å². The van der Waals surface area contributed by atoms with E-state index in [9.17, 15) is 22.8 Å². The van der Waals surface area contributed by atoms with Crippen LogP contribution in [0.2, 0.25) is 0 Å². The molecule has 2 amide bonds. The van der Waals surface area contributed by atoms with E-state index in [1.54, 1.807) is 6.20 Å².